The molecule has 0 rings (SSSR count). The minimum Gasteiger partial charge on any atom is -0.378 e. The van der Waals surface area contributed by atoms with Crippen LogP contribution in [0.5, 0.6) is 0 Å². The molecular formula is C10H17N5S. The van der Waals surface area contributed by atoms with Crippen LogP contribution in [0, 0.1) is 11.5 Å². The highest BCUT2D eigenvalue weighted by Gasteiger charge is 2.01. The van der Waals surface area contributed by atoms with Crippen molar-refractivity contribution in [3.8, 4) is 6.19 Å². The zero-order valence-electron chi connectivity index (χ0n) is 9.82. The summed E-state index contributed by atoms with van der Waals surface area (Å²) in [4.78, 5) is 5.61. The van der Waals surface area contributed by atoms with Gasteiger partial charge >= 0.3 is 0 Å². The number of aliphatic imine (C=N–C) groups is 1. The molecule has 6 heteroatoms. The van der Waals surface area contributed by atoms with Gasteiger partial charge in [-0.25, -0.2) is 0 Å². The van der Waals surface area contributed by atoms with E-state index in [1.54, 1.807) is 12.4 Å². The van der Waals surface area contributed by atoms with Gasteiger partial charge in [0.05, 0.1) is 6.54 Å². The third-order valence-corrected chi connectivity index (χ3v) is 2.33. The molecule has 0 saturated carbocycles. The maximum absolute atomic E-state index is 8.44. The summed E-state index contributed by atoms with van der Waals surface area (Å²) in [5, 5.41) is 15.0. The van der Waals surface area contributed by atoms with Crippen molar-refractivity contribution in [1.82, 2.24) is 15.5 Å². The molecule has 0 aliphatic heterocycles. The molecule has 0 aliphatic carbocycles. The van der Waals surface area contributed by atoms with Gasteiger partial charge in [0.2, 0.25) is 6.19 Å². The summed E-state index contributed by atoms with van der Waals surface area (Å²) in [5.41, 5.74) is 1.03. The van der Waals surface area contributed by atoms with Gasteiger partial charge in [0.1, 0.15) is 0 Å². The van der Waals surface area contributed by atoms with Crippen LogP contribution in [0.3, 0.4) is 0 Å². The van der Waals surface area contributed by atoms with Gasteiger partial charge in [-0.3, -0.25) is 0 Å². The Morgan fingerprint density at radius 1 is 1.62 bits per heavy atom. The van der Waals surface area contributed by atoms with Crippen molar-refractivity contribution in [2.45, 2.75) is 0 Å². The van der Waals surface area contributed by atoms with Crippen molar-refractivity contribution in [3.05, 3.63) is 24.7 Å². The van der Waals surface area contributed by atoms with E-state index in [1.807, 2.05) is 31.5 Å². The third kappa shape index (κ3) is 5.98. The third-order valence-electron chi connectivity index (χ3n) is 1.71. The van der Waals surface area contributed by atoms with Crippen LogP contribution in [0.15, 0.2) is 29.7 Å². The molecule has 0 unspecified atom stereocenters. The summed E-state index contributed by atoms with van der Waals surface area (Å²) in [5.74, 6) is 0. The Labute approximate surface area is 101 Å². The van der Waals surface area contributed by atoms with Gasteiger partial charge in [-0.05, 0) is 12.5 Å². The lowest BCUT2D eigenvalue weighted by Crippen LogP contribution is -2.29. The Hall–Kier alpha value is -1.61. The van der Waals surface area contributed by atoms with E-state index in [1.165, 1.54) is 11.8 Å². The van der Waals surface area contributed by atoms with E-state index < -0.39 is 0 Å². The quantitative estimate of drug-likeness (QED) is 0.424. The predicted octanol–water partition coefficient (Wildman–Crippen LogP) is 0.912. The molecule has 0 radical (unpaired) electrons. The minimum atomic E-state index is 0.592. The number of likely N-dealkylation sites (N-methyl/N-ethyl adjacent to an activating group) is 1. The van der Waals surface area contributed by atoms with Crippen molar-refractivity contribution < 1.29 is 0 Å². The van der Waals surface area contributed by atoms with E-state index >= 15 is 0 Å². The van der Waals surface area contributed by atoms with Gasteiger partial charge in [-0.1, -0.05) is 18.3 Å². The number of rotatable bonds is 5. The van der Waals surface area contributed by atoms with Gasteiger partial charge in [0, 0.05) is 26.0 Å². The number of amidine groups is 1. The zero-order valence-corrected chi connectivity index (χ0v) is 10.6. The van der Waals surface area contributed by atoms with Crippen molar-refractivity contribution >= 4 is 16.9 Å². The number of hydrogen-bond acceptors (Lipinski definition) is 5. The van der Waals surface area contributed by atoms with E-state index in [-0.39, 0.29) is 0 Å². The first-order chi connectivity index (χ1) is 7.65. The van der Waals surface area contributed by atoms with Gasteiger partial charge < -0.3 is 15.5 Å². The molecule has 0 saturated heterocycles. The monoisotopic (exact) mass is 239 g/mol. The molecule has 5 nitrogen and oxygen atoms in total. The summed E-state index contributed by atoms with van der Waals surface area (Å²) in [7, 11) is 3.89. The van der Waals surface area contributed by atoms with Crippen molar-refractivity contribution in [2.75, 3.05) is 26.9 Å². The Balaban J connectivity index is 4.38. The average Bonchev–Trinajstić information content (AvgIpc) is 2.27. The molecule has 2 N–H and O–H groups in total. The number of nitrogens with one attached hydrogen (secondary N) is 2. The smallest absolute Gasteiger partial charge is 0.208 e. The molecule has 0 amide bonds. The fraction of sp³-hybridized carbons (Fsp3) is 0.400. The molecule has 0 aliphatic rings. The number of hydrogen-bond donors (Lipinski definition) is 2. The van der Waals surface area contributed by atoms with E-state index in [4.69, 9.17) is 5.26 Å². The van der Waals surface area contributed by atoms with Crippen molar-refractivity contribution in [2.24, 2.45) is 4.99 Å². The first-order valence-corrected chi connectivity index (χ1v) is 5.86. The van der Waals surface area contributed by atoms with Gasteiger partial charge in [-0.2, -0.15) is 5.26 Å². The van der Waals surface area contributed by atoms with Crippen LogP contribution >= 0.6 is 11.8 Å². The molecule has 0 bridgehead atoms. The maximum Gasteiger partial charge on any atom is 0.208 e. The van der Waals surface area contributed by atoms with E-state index in [0.29, 0.717) is 11.7 Å². The van der Waals surface area contributed by atoms with Gasteiger partial charge in [0.25, 0.3) is 0 Å². The van der Waals surface area contributed by atoms with Crippen molar-refractivity contribution in [3.63, 3.8) is 0 Å². The van der Waals surface area contributed by atoms with Crippen LogP contribution in [0.2, 0.25) is 0 Å². The fourth-order valence-corrected chi connectivity index (χ4v) is 1.21. The summed E-state index contributed by atoms with van der Waals surface area (Å²) in [6.45, 7) is 4.16. The largest absolute Gasteiger partial charge is 0.378 e. The van der Waals surface area contributed by atoms with E-state index in [9.17, 15) is 0 Å². The fourth-order valence-electron chi connectivity index (χ4n) is 0.862. The summed E-state index contributed by atoms with van der Waals surface area (Å²) in [6.07, 6.45) is 7.06. The normalized spacial score (nSPS) is 11.6. The molecule has 0 aromatic heterocycles. The Morgan fingerprint density at radius 2 is 2.31 bits per heavy atom. The number of thioether (sulfide) groups is 1. The Bertz CT molecular complexity index is 314. The highest BCUT2D eigenvalue weighted by Crippen LogP contribution is 1.99. The lowest BCUT2D eigenvalue weighted by atomic mass is 10.4. The van der Waals surface area contributed by atoms with Crippen LogP contribution in [0.1, 0.15) is 0 Å². The predicted molar refractivity (Wildman–Crippen MR) is 69.7 cm³/mol. The molecular weight excluding hydrogens is 222 g/mol. The molecule has 0 atom stereocenters. The average molecular weight is 239 g/mol. The minimum absolute atomic E-state index is 0.592. The second kappa shape index (κ2) is 8.68. The van der Waals surface area contributed by atoms with Crippen LogP contribution in [0.4, 0.5) is 0 Å². The number of nitrogens with zero attached hydrogens (tertiary/aromatic N) is 3. The van der Waals surface area contributed by atoms with E-state index in [2.05, 4.69) is 22.2 Å². The molecule has 0 aromatic rings. The summed E-state index contributed by atoms with van der Waals surface area (Å²) >= 11 is 1.40. The van der Waals surface area contributed by atoms with Crippen LogP contribution in [-0.4, -0.2) is 37.0 Å². The Morgan fingerprint density at radius 3 is 2.75 bits per heavy atom. The van der Waals surface area contributed by atoms with Crippen LogP contribution in [-0.2, 0) is 0 Å². The lowest BCUT2D eigenvalue weighted by Gasteiger charge is -2.18. The lowest BCUT2D eigenvalue weighted by molar-refractivity contribution is 0.493. The summed E-state index contributed by atoms with van der Waals surface area (Å²) in [6, 6.07) is 0. The van der Waals surface area contributed by atoms with Crippen LogP contribution < -0.4 is 10.6 Å². The topological polar surface area (TPSA) is 63.5 Å². The Kier molecular flexibility index (Phi) is 7.81. The number of nitriles is 1. The molecule has 0 aromatic carbocycles. The standard InChI is InChI=1S/C10H17N5S/c1-5-12-6-9(15(2)3)7-13-10(16-4)14-8-11/h5-6,12H,1,7H2,2-4H3,(H,13,14)/b9-6-. The van der Waals surface area contributed by atoms with E-state index in [0.717, 1.165) is 5.70 Å². The highest BCUT2D eigenvalue weighted by molar-refractivity contribution is 8.13. The SMILES string of the molecule is C=CN/C=C(/CN/C(=N/C#N)SC)N(C)C. The molecule has 0 heterocycles. The molecule has 0 spiro atoms. The molecule has 88 valence electrons. The molecule has 0 fully saturated rings. The maximum atomic E-state index is 8.44. The van der Waals surface area contributed by atoms with Crippen molar-refractivity contribution in [1.29, 1.82) is 5.26 Å². The second-order valence-corrected chi connectivity index (χ2v) is 3.77. The second-order valence-electron chi connectivity index (χ2n) is 2.98. The van der Waals surface area contributed by atoms with Crippen LogP contribution in [0.25, 0.3) is 0 Å². The van der Waals surface area contributed by atoms with Gasteiger partial charge in [0.15, 0.2) is 5.17 Å². The highest BCUT2D eigenvalue weighted by atomic mass is 32.2. The summed E-state index contributed by atoms with van der Waals surface area (Å²) < 4.78 is 0. The van der Waals surface area contributed by atoms with Gasteiger partial charge in [-0.15, -0.1) is 4.99 Å². The molecule has 16 heavy (non-hydrogen) atoms. The zero-order chi connectivity index (χ0) is 12.4. The first-order valence-electron chi connectivity index (χ1n) is 4.63. The first kappa shape index (κ1) is 14.4.